The molecule has 5 heteroatoms. The molecular formula is C12H19N3O2. The highest BCUT2D eigenvalue weighted by atomic mass is 16.5. The molecule has 0 radical (unpaired) electrons. The van der Waals surface area contributed by atoms with Crippen molar-refractivity contribution in [2.75, 3.05) is 33.1 Å². The number of aromatic nitrogens is 1. The smallest absolute Gasteiger partial charge is 0.272 e. The van der Waals surface area contributed by atoms with Crippen LogP contribution in [0.25, 0.3) is 0 Å². The summed E-state index contributed by atoms with van der Waals surface area (Å²) in [6.07, 6.45) is 1.74. The van der Waals surface area contributed by atoms with E-state index in [1.165, 1.54) is 4.90 Å². The standard InChI is InChI=1S/C12H19N3O2/c1-9(17-4)8-14-10-5-6-13-11(7-10)12(16)15(2)3/h5-7,9H,8H2,1-4H3,(H,13,14). The molecule has 1 amide bonds. The molecule has 0 aliphatic carbocycles. The Hall–Kier alpha value is -1.62. The Morgan fingerprint density at radius 1 is 1.59 bits per heavy atom. The number of hydrogen-bond acceptors (Lipinski definition) is 4. The average molecular weight is 237 g/mol. The van der Waals surface area contributed by atoms with Gasteiger partial charge in [-0.05, 0) is 19.1 Å². The molecule has 0 bridgehead atoms. The van der Waals surface area contributed by atoms with Crippen molar-refractivity contribution in [3.63, 3.8) is 0 Å². The molecule has 0 aliphatic heterocycles. The molecular weight excluding hydrogens is 218 g/mol. The lowest BCUT2D eigenvalue weighted by Crippen LogP contribution is -2.23. The van der Waals surface area contributed by atoms with Gasteiger partial charge in [-0.1, -0.05) is 0 Å². The molecule has 0 spiro atoms. The second-order valence-electron chi connectivity index (χ2n) is 4.06. The fourth-order valence-electron chi connectivity index (χ4n) is 1.23. The molecule has 0 aliphatic rings. The summed E-state index contributed by atoms with van der Waals surface area (Å²) in [7, 11) is 5.08. The van der Waals surface area contributed by atoms with Gasteiger partial charge in [-0.3, -0.25) is 9.78 Å². The van der Waals surface area contributed by atoms with E-state index in [1.807, 2.05) is 13.0 Å². The highest BCUT2D eigenvalue weighted by Gasteiger charge is 2.09. The third-order valence-electron chi connectivity index (χ3n) is 2.38. The topological polar surface area (TPSA) is 54.5 Å². The van der Waals surface area contributed by atoms with E-state index in [9.17, 15) is 4.79 Å². The highest BCUT2D eigenvalue weighted by Crippen LogP contribution is 2.09. The first-order valence-corrected chi connectivity index (χ1v) is 5.49. The Balaban J connectivity index is 2.69. The van der Waals surface area contributed by atoms with Crippen molar-refractivity contribution in [1.82, 2.24) is 9.88 Å². The van der Waals surface area contributed by atoms with Crippen molar-refractivity contribution in [2.24, 2.45) is 0 Å². The molecule has 1 heterocycles. The number of carbonyl (C=O) groups excluding carboxylic acids is 1. The summed E-state index contributed by atoms with van der Waals surface area (Å²) in [4.78, 5) is 17.3. The van der Waals surface area contributed by atoms with Crippen molar-refractivity contribution >= 4 is 11.6 Å². The molecule has 1 atom stereocenters. The number of carbonyl (C=O) groups is 1. The lowest BCUT2D eigenvalue weighted by atomic mass is 10.3. The molecule has 5 nitrogen and oxygen atoms in total. The van der Waals surface area contributed by atoms with Gasteiger partial charge in [-0.15, -0.1) is 0 Å². The van der Waals surface area contributed by atoms with E-state index in [2.05, 4.69) is 10.3 Å². The van der Waals surface area contributed by atoms with Gasteiger partial charge >= 0.3 is 0 Å². The monoisotopic (exact) mass is 237 g/mol. The minimum atomic E-state index is -0.103. The number of nitrogens with zero attached hydrogens (tertiary/aromatic N) is 2. The van der Waals surface area contributed by atoms with Crippen LogP contribution in [0.15, 0.2) is 18.3 Å². The number of nitrogens with one attached hydrogen (secondary N) is 1. The van der Waals surface area contributed by atoms with E-state index in [0.717, 1.165) is 5.69 Å². The summed E-state index contributed by atoms with van der Waals surface area (Å²) >= 11 is 0. The average Bonchev–Trinajstić information content (AvgIpc) is 2.35. The molecule has 1 rings (SSSR count). The van der Waals surface area contributed by atoms with Gasteiger partial charge in [0.25, 0.3) is 5.91 Å². The quantitative estimate of drug-likeness (QED) is 0.837. The first-order chi connectivity index (χ1) is 8.04. The third-order valence-corrected chi connectivity index (χ3v) is 2.38. The molecule has 0 saturated heterocycles. The Bertz CT molecular complexity index is 380. The predicted molar refractivity (Wildman–Crippen MR) is 67.2 cm³/mol. The number of anilines is 1. The van der Waals surface area contributed by atoms with E-state index in [0.29, 0.717) is 12.2 Å². The van der Waals surface area contributed by atoms with Crippen LogP contribution in [0, 0.1) is 0 Å². The molecule has 0 aromatic carbocycles. The summed E-state index contributed by atoms with van der Waals surface area (Å²) in [5.74, 6) is -0.103. The van der Waals surface area contributed by atoms with Crippen LogP contribution in [0.5, 0.6) is 0 Å². The van der Waals surface area contributed by atoms with Gasteiger partial charge in [0.2, 0.25) is 0 Å². The largest absolute Gasteiger partial charge is 0.382 e. The van der Waals surface area contributed by atoms with Crippen LogP contribution >= 0.6 is 0 Å². The zero-order chi connectivity index (χ0) is 12.8. The van der Waals surface area contributed by atoms with Gasteiger partial charge in [0.1, 0.15) is 5.69 Å². The van der Waals surface area contributed by atoms with Crippen molar-refractivity contribution < 1.29 is 9.53 Å². The summed E-state index contributed by atoms with van der Waals surface area (Å²) in [6.45, 7) is 2.66. The molecule has 1 N–H and O–H groups in total. The van der Waals surface area contributed by atoms with Crippen LogP contribution < -0.4 is 5.32 Å². The summed E-state index contributed by atoms with van der Waals surface area (Å²) in [5, 5.41) is 3.19. The number of rotatable bonds is 5. The zero-order valence-corrected chi connectivity index (χ0v) is 10.7. The molecule has 0 saturated carbocycles. The lowest BCUT2D eigenvalue weighted by Gasteiger charge is -2.13. The van der Waals surface area contributed by atoms with Gasteiger partial charge in [0.05, 0.1) is 6.10 Å². The van der Waals surface area contributed by atoms with E-state index in [1.54, 1.807) is 33.5 Å². The van der Waals surface area contributed by atoms with Crippen molar-refractivity contribution in [3.05, 3.63) is 24.0 Å². The molecule has 1 aromatic heterocycles. The number of hydrogen-bond donors (Lipinski definition) is 1. The van der Waals surface area contributed by atoms with E-state index >= 15 is 0 Å². The lowest BCUT2D eigenvalue weighted by molar-refractivity contribution is 0.0822. The predicted octanol–water partition coefficient (Wildman–Crippen LogP) is 1.23. The van der Waals surface area contributed by atoms with Crippen LogP contribution in [-0.4, -0.2) is 49.6 Å². The van der Waals surface area contributed by atoms with E-state index in [4.69, 9.17) is 4.74 Å². The Kier molecular flexibility index (Phi) is 4.90. The normalized spacial score (nSPS) is 12.0. The molecule has 0 fully saturated rings. The summed E-state index contributed by atoms with van der Waals surface area (Å²) in [6, 6.07) is 3.57. The first-order valence-electron chi connectivity index (χ1n) is 5.49. The van der Waals surface area contributed by atoms with Crippen LogP contribution in [0.2, 0.25) is 0 Å². The minimum Gasteiger partial charge on any atom is -0.382 e. The molecule has 1 aromatic rings. The van der Waals surface area contributed by atoms with Gasteiger partial charge in [0, 0.05) is 39.6 Å². The maximum Gasteiger partial charge on any atom is 0.272 e. The fraction of sp³-hybridized carbons (Fsp3) is 0.500. The number of pyridine rings is 1. The Labute approximate surface area is 102 Å². The molecule has 1 unspecified atom stereocenters. The number of methoxy groups -OCH3 is 1. The second-order valence-corrected chi connectivity index (χ2v) is 4.06. The summed E-state index contributed by atoms with van der Waals surface area (Å²) < 4.78 is 5.13. The van der Waals surface area contributed by atoms with Crippen LogP contribution in [0.4, 0.5) is 5.69 Å². The number of ether oxygens (including phenoxy) is 1. The SMILES string of the molecule is COC(C)CNc1ccnc(C(=O)N(C)C)c1. The second kappa shape index (κ2) is 6.20. The van der Waals surface area contributed by atoms with Crippen molar-refractivity contribution in [1.29, 1.82) is 0 Å². The summed E-state index contributed by atoms with van der Waals surface area (Å²) in [5.41, 5.74) is 1.30. The third kappa shape index (κ3) is 4.03. The van der Waals surface area contributed by atoms with Crippen molar-refractivity contribution in [2.45, 2.75) is 13.0 Å². The molecule has 17 heavy (non-hydrogen) atoms. The van der Waals surface area contributed by atoms with E-state index in [-0.39, 0.29) is 12.0 Å². The van der Waals surface area contributed by atoms with Gasteiger partial charge in [-0.2, -0.15) is 0 Å². The Morgan fingerprint density at radius 3 is 2.88 bits per heavy atom. The van der Waals surface area contributed by atoms with Crippen LogP contribution in [0.3, 0.4) is 0 Å². The van der Waals surface area contributed by atoms with Crippen LogP contribution in [-0.2, 0) is 4.74 Å². The molecule has 94 valence electrons. The number of amides is 1. The maximum atomic E-state index is 11.7. The fourth-order valence-corrected chi connectivity index (χ4v) is 1.23. The zero-order valence-electron chi connectivity index (χ0n) is 10.7. The van der Waals surface area contributed by atoms with Crippen LogP contribution in [0.1, 0.15) is 17.4 Å². The maximum absolute atomic E-state index is 11.7. The van der Waals surface area contributed by atoms with Gasteiger partial charge in [-0.25, -0.2) is 0 Å². The van der Waals surface area contributed by atoms with Crippen molar-refractivity contribution in [3.8, 4) is 0 Å². The minimum absolute atomic E-state index is 0.103. The highest BCUT2D eigenvalue weighted by molar-refractivity contribution is 5.92. The Morgan fingerprint density at radius 2 is 2.29 bits per heavy atom. The van der Waals surface area contributed by atoms with Gasteiger partial charge < -0.3 is 15.0 Å². The van der Waals surface area contributed by atoms with Gasteiger partial charge in [0.15, 0.2) is 0 Å². The van der Waals surface area contributed by atoms with E-state index < -0.39 is 0 Å². The first kappa shape index (κ1) is 13.4.